The van der Waals surface area contributed by atoms with Gasteiger partial charge in [-0.1, -0.05) is 32.0 Å². The highest BCUT2D eigenvalue weighted by molar-refractivity contribution is 5.92. The molecule has 6 heteroatoms. The van der Waals surface area contributed by atoms with Gasteiger partial charge in [-0.15, -0.1) is 0 Å². The van der Waals surface area contributed by atoms with Crippen LogP contribution in [-0.2, 0) is 16.6 Å². The predicted molar refractivity (Wildman–Crippen MR) is 87.7 cm³/mol. The zero-order valence-corrected chi connectivity index (χ0v) is 14.3. The summed E-state index contributed by atoms with van der Waals surface area (Å²) >= 11 is 0. The molecule has 0 unspecified atom stereocenters. The van der Waals surface area contributed by atoms with E-state index in [1.807, 2.05) is 45.9 Å². The van der Waals surface area contributed by atoms with E-state index in [1.54, 1.807) is 7.11 Å². The lowest BCUT2D eigenvalue weighted by Crippen LogP contribution is -2.14. The highest BCUT2D eigenvalue weighted by Crippen LogP contribution is 2.25. The molecule has 0 atom stereocenters. The lowest BCUT2D eigenvalue weighted by Gasteiger charge is -2.11. The van der Waals surface area contributed by atoms with Gasteiger partial charge in [-0.3, -0.25) is 4.79 Å². The fourth-order valence-corrected chi connectivity index (χ4v) is 2.00. The SMILES string of the molecule is COc1cc(C)ccc1NC(=O)CCc1nc(C(C)(C)C)no1. The average molecular weight is 317 g/mol. The molecule has 1 aromatic heterocycles. The van der Waals surface area contributed by atoms with Crippen molar-refractivity contribution in [1.82, 2.24) is 10.1 Å². The number of nitrogens with zero attached hydrogens (tertiary/aromatic N) is 2. The number of nitrogens with one attached hydrogen (secondary N) is 1. The van der Waals surface area contributed by atoms with Crippen LogP contribution in [0.1, 0.15) is 44.5 Å². The summed E-state index contributed by atoms with van der Waals surface area (Å²) in [6, 6.07) is 5.63. The third-order valence-corrected chi connectivity index (χ3v) is 3.34. The van der Waals surface area contributed by atoms with E-state index in [2.05, 4.69) is 15.5 Å². The molecule has 1 amide bonds. The van der Waals surface area contributed by atoms with Crippen LogP contribution >= 0.6 is 0 Å². The number of methoxy groups -OCH3 is 1. The molecule has 0 fully saturated rings. The zero-order chi connectivity index (χ0) is 17.0. The number of hydrogen-bond donors (Lipinski definition) is 1. The van der Waals surface area contributed by atoms with Crippen molar-refractivity contribution < 1.29 is 14.1 Å². The summed E-state index contributed by atoms with van der Waals surface area (Å²) < 4.78 is 10.5. The molecule has 0 aliphatic rings. The van der Waals surface area contributed by atoms with Crippen molar-refractivity contribution in [2.75, 3.05) is 12.4 Å². The number of aromatic nitrogens is 2. The molecule has 1 heterocycles. The van der Waals surface area contributed by atoms with Gasteiger partial charge >= 0.3 is 0 Å². The number of hydrogen-bond acceptors (Lipinski definition) is 5. The molecule has 1 N–H and O–H groups in total. The van der Waals surface area contributed by atoms with Crippen molar-refractivity contribution in [3.63, 3.8) is 0 Å². The monoisotopic (exact) mass is 317 g/mol. The van der Waals surface area contributed by atoms with Crippen molar-refractivity contribution in [3.8, 4) is 5.75 Å². The number of rotatable bonds is 5. The Kier molecular flexibility index (Phi) is 5.03. The fraction of sp³-hybridized carbons (Fsp3) is 0.471. The van der Waals surface area contributed by atoms with Crippen molar-refractivity contribution in [1.29, 1.82) is 0 Å². The minimum absolute atomic E-state index is 0.123. The van der Waals surface area contributed by atoms with Gasteiger partial charge in [0.25, 0.3) is 0 Å². The summed E-state index contributed by atoms with van der Waals surface area (Å²) in [5, 5.41) is 6.79. The predicted octanol–water partition coefficient (Wildman–Crippen LogP) is 3.26. The topological polar surface area (TPSA) is 77.2 Å². The van der Waals surface area contributed by atoms with E-state index in [-0.39, 0.29) is 17.7 Å². The first kappa shape index (κ1) is 17.0. The van der Waals surface area contributed by atoms with E-state index in [0.717, 1.165) is 5.56 Å². The summed E-state index contributed by atoms with van der Waals surface area (Å²) in [4.78, 5) is 16.4. The third kappa shape index (κ3) is 4.55. The Bertz CT molecular complexity index is 687. The van der Waals surface area contributed by atoms with Crippen LogP contribution in [0.3, 0.4) is 0 Å². The molecule has 0 saturated carbocycles. The largest absolute Gasteiger partial charge is 0.495 e. The van der Waals surface area contributed by atoms with E-state index in [4.69, 9.17) is 9.26 Å². The summed E-state index contributed by atoms with van der Waals surface area (Å²) in [6.07, 6.45) is 0.673. The van der Waals surface area contributed by atoms with Crippen molar-refractivity contribution >= 4 is 11.6 Å². The summed E-state index contributed by atoms with van der Waals surface area (Å²) in [7, 11) is 1.58. The highest BCUT2D eigenvalue weighted by Gasteiger charge is 2.21. The minimum atomic E-state index is -0.167. The fourth-order valence-electron chi connectivity index (χ4n) is 2.00. The van der Waals surface area contributed by atoms with Gasteiger partial charge < -0.3 is 14.6 Å². The molecular weight excluding hydrogens is 294 g/mol. The summed E-state index contributed by atoms with van der Waals surface area (Å²) in [5.74, 6) is 1.64. The number of aryl methyl sites for hydroxylation is 2. The smallest absolute Gasteiger partial charge is 0.227 e. The van der Waals surface area contributed by atoms with Gasteiger partial charge in [-0.05, 0) is 24.6 Å². The lowest BCUT2D eigenvalue weighted by atomic mass is 9.96. The third-order valence-electron chi connectivity index (χ3n) is 3.34. The van der Waals surface area contributed by atoms with Gasteiger partial charge in [-0.25, -0.2) is 0 Å². The van der Waals surface area contributed by atoms with Gasteiger partial charge in [0.2, 0.25) is 11.8 Å². The van der Waals surface area contributed by atoms with Gasteiger partial charge in [0.05, 0.1) is 12.8 Å². The van der Waals surface area contributed by atoms with Gasteiger partial charge in [0.15, 0.2) is 5.82 Å². The van der Waals surface area contributed by atoms with Crippen molar-refractivity contribution in [3.05, 3.63) is 35.5 Å². The molecule has 0 radical (unpaired) electrons. The quantitative estimate of drug-likeness (QED) is 0.916. The number of amides is 1. The number of carbonyl (C=O) groups is 1. The Labute approximate surface area is 136 Å². The number of anilines is 1. The molecule has 6 nitrogen and oxygen atoms in total. The van der Waals surface area contributed by atoms with Crippen LogP contribution in [0.25, 0.3) is 0 Å². The molecule has 0 aliphatic carbocycles. The van der Waals surface area contributed by atoms with E-state index >= 15 is 0 Å². The van der Waals surface area contributed by atoms with Crippen LogP contribution in [0, 0.1) is 6.92 Å². The minimum Gasteiger partial charge on any atom is -0.495 e. The normalized spacial score (nSPS) is 11.3. The van der Waals surface area contributed by atoms with Crippen LogP contribution in [-0.4, -0.2) is 23.2 Å². The van der Waals surface area contributed by atoms with Crippen LogP contribution in [0.2, 0.25) is 0 Å². The molecule has 0 saturated heterocycles. The number of ether oxygens (including phenoxy) is 1. The van der Waals surface area contributed by atoms with E-state index in [0.29, 0.717) is 29.6 Å². The Hall–Kier alpha value is -2.37. The number of carbonyl (C=O) groups excluding carboxylic acids is 1. The lowest BCUT2D eigenvalue weighted by molar-refractivity contribution is -0.116. The second-order valence-corrected chi connectivity index (χ2v) is 6.51. The summed E-state index contributed by atoms with van der Waals surface area (Å²) in [5.41, 5.74) is 1.56. The molecular formula is C17H23N3O3. The van der Waals surface area contributed by atoms with Crippen LogP contribution in [0.5, 0.6) is 5.75 Å². The molecule has 23 heavy (non-hydrogen) atoms. The van der Waals surface area contributed by atoms with Crippen LogP contribution in [0.4, 0.5) is 5.69 Å². The maximum absolute atomic E-state index is 12.1. The first-order chi connectivity index (χ1) is 10.8. The second-order valence-electron chi connectivity index (χ2n) is 6.51. The highest BCUT2D eigenvalue weighted by atomic mass is 16.5. The second kappa shape index (κ2) is 6.81. The average Bonchev–Trinajstić information content (AvgIpc) is 2.96. The molecule has 2 rings (SSSR count). The van der Waals surface area contributed by atoms with Crippen molar-refractivity contribution in [2.45, 2.75) is 46.0 Å². The first-order valence-corrected chi connectivity index (χ1v) is 7.57. The Morgan fingerprint density at radius 3 is 2.70 bits per heavy atom. The van der Waals surface area contributed by atoms with Crippen molar-refractivity contribution in [2.24, 2.45) is 0 Å². The molecule has 124 valence electrons. The zero-order valence-electron chi connectivity index (χ0n) is 14.3. The molecule has 2 aromatic rings. The van der Waals surface area contributed by atoms with Gasteiger partial charge in [0, 0.05) is 18.3 Å². The van der Waals surface area contributed by atoms with E-state index in [9.17, 15) is 4.79 Å². The number of benzene rings is 1. The van der Waals surface area contributed by atoms with Gasteiger partial charge in [-0.2, -0.15) is 4.98 Å². The standard InChI is InChI=1S/C17H23N3O3/c1-11-6-7-12(13(10-11)22-5)18-14(21)8-9-15-19-16(20-23-15)17(2,3)4/h6-7,10H,8-9H2,1-5H3,(H,18,21). The molecule has 1 aromatic carbocycles. The van der Waals surface area contributed by atoms with E-state index in [1.165, 1.54) is 0 Å². The van der Waals surface area contributed by atoms with Gasteiger partial charge in [0.1, 0.15) is 5.75 Å². The first-order valence-electron chi connectivity index (χ1n) is 7.57. The molecule has 0 aliphatic heterocycles. The molecule has 0 spiro atoms. The maximum atomic E-state index is 12.1. The Morgan fingerprint density at radius 2 is 2.09 bits per heavy atom. The van der Waals surface area contributed by atoms with E-state index < -0.39 is 0 Å². The summed E-state index contributed by atoms with van der Waals surface area (Å²) in [6.45, 7) is 8.00. The van der Waals surface area contributed by atoms with Crippen LogP contribution < -0.4 is 10.1 Å². The van der Waals surface area contributed by atoms with Crippen LogP contribution in [0.15, 0.2) is 22.7 Å². The maximum Gasteiger partial charge on any atom is 0.227 e. The Morgan fingerprint density at radius 1 is 1.35 bits per heavy atom. The Balaban J connectivity index is 1.94. The molecule has 0 bridgehead atoms.